The number of amides is 1. The van der Waals surface area contributed by atoms with Crippen LogP contribution in [-0.2, 0) is 9.59 Å². The van der Waals surface area contributed by atoms with Gasteiger partial charge in [-0.15, -0.1) is 11.3 Å². The molecule has 1 heterocycles. The number of hydrogen-bond donors (Lipinski definition) is 2. The molecular formula is C16H23NO3S. The third kappa shape index (κ3) is 3.84. The summed E-state index contributed by atoms with van der Waals surface area (Å²) in [5, 5.41) is 14.2. The van der Waals surface area contributed by atoms with Crippen molar-refractivity contribution in [2.45, 2.75) is 45.6 Å². The summed E-state index contributed by atoms with van der Waals surface area (Å²) in [5.74, 6) is -1.80. The minimum absolute atomic E-state index is 0.0310. The van der Waals surface area contributed by atoms with Gasteiger partial charge >= 0.3 is 5.97 Å². The first-order valence-corrected chi connectivity index (χ1v) is 8.45. The molecule has 21 heavy (non-hydrogen) atoms. The molecule has 0 aromatic carbocycles. The lowest BCUT2D eigenvalue weighted by atomic mass is 9.92. The SMILES string of the molecule is CC(C(=O)O)C(C)C(=O)NC(c1cccs1)C1CCCC1. The van der Waals surface area contributed by atoms with Crippen LogP contribution in [0.5, 0.6) is 0 Å². The monoisotopic (exact) mass is 309 g/mol. The van der Waals surface area contributed by atoms with E-state index in [0.29, 0.717) is 5.92 Å². The van der Waals surface area contributed by atoms with Crippen LogP contribution in [-0.4, -0.2) is 17.0 Å². The molecule has 3 atom stereocenters. The summed E-state index contributed by atoms with van der Waals surface area (Å²) in [4.78, 5) is 24.6. The molecule has 2 rings (SSSR count). The lowest BCUT2D eigenvalue weighted by Gasteiger charge is -2.26. The maximum atomic E-state index is 12.4. The molecule has 0 saturated heterocycles. The summed E-state index contributed by atoms with van der Waals surface area (Å²) in [5.41, 5.74) is 0. The summed E-state index contributed by atoms with van der Waals surface area (Å²) >= 11 is 1.66. The molecule has 4 nitrogen and oxygen atoms in total. The van der Waals surface area contributed by atoms with Crippen molar-refractivity contribution in [3.8, 4) is 0 Å². The molecule has 0 aliphatic heterocycles. The predicted molar refractivity (Wildman–Crippen MR) is 83.1 cm³/mol. The summed E-state index contributed by atoms with van der Waals surface area (Å²) in [6, 6.07) is 4.08. The molecule has 1 amide bonds. The van der Waals surface area contributed by atoms with Crippen molar-refractivity contribution in [3.63, 3.8) is 0 Å². The highest BCUT2D eigenvalue weighted by molar-refractivity contribution is 7.10. The Bertz CT molecular complexity index is 480. The molecule has 1 aromatic heterocycles. The third-order valence-corrected chi connectivity index (χ3v) is 5.53. The molecule has 2 N–H and O–H groups in total. The van der Waals surface area contributed by atoms with Gasteiger partial charge in [-0.2, -0.15) is 0 Å². The summed E-state index contributed by atoms with van der Waals surface area (Å²) < 4.78 is 0. The number of nitrogens with one attached hydrogen (secondary N) is 1. The standard InChI is InChI=1S/C16H23NO3S/c1-10(11(2)16(19)20)15(18)17-14(12-6-3-4-7-12)13-8-5-9-21-13/h5,8-12,14H,3-4,6-7H2,1-2H3,(H,17,18)(H,19,20). The number of carbonyl (C=O) groups excluding carboxylic acids is 1. The Morgan fingerprint density at radius 1 is 1.29 bits per heavy atom. The summed E-state index contributed by atoms with van der Waals surface area (Å²) in [7, 11) is 0. The minimum Gasteiger partial charge on any atom is -0.481 e. The Hall–Kier alpha value is -1.36. The molecule has 1 aliphatic rings. The number of carbonyl (C=O) groups is 2. The number of rotatable bonds is 6. The van der Waals surface area contributed by atoms with Gasteiger partial charge in [0.25, 0.3) is 0 Å². The fraction of sp³-hybridized carbons (Fsp3) is 0.625. The Labute approximate surface area is 129 Å². The maximum Gasteiger partial charge on any atom is 0.307 e. The van der Waals surface area contributed by atoms with Crippen molar-refractivity contribution in [2.75, 3.05) is 0 Å². The zero-order valence-electron chi connectivity index (χ0n) is 12.5. The van der Waals surface area contributed by atoms with Crippen LogP contribution in [0, 0.1) is 17.8 Å². The first-order valence-electron chi connectivity index (χ1n) is 7.57. The minimum atomic E-state index is -0.925. The number of carboxylic acids is 1. The number of thiophene rings is 1. The van der Waals surface area contributed by atoms with E-state index >= 15 is 0 Å². The number of carboxylic acid groups (broad SMARTS) is 1. The van der Waals surface area contributed by atoms with Gasteiger partial charge < -0.3 is 10.4 Å². The molecule has 116 valence electrons. The van der Waals surface area contributed by atoms with Crippen LogP contribution in [0.15, 0.2) is 17.5 Å². The normalized spacial score (nSPS) is 19.9. The van der Waals surface area contributed by atoms with Crippen LogP contribution >= 0.6 is 11.3 Å². The molecule has 0 bridgehead atoms. The van der Waals surface area contributed by atoms with Crippen molar-refractivity contribution in [1.82, 2.24) is 5.32 Å². The van der Waals surface area contributed by atoms with E-state index in [0.717, 1.165) is 12.8 Å². The van der Waals surface area contributed by atoms with E-state index in [2.05, 4.69) is 11.4 Å². The fourth-order valence-corrected chi connectivity index (χ4v) is 3.78. The zero-order valence-corrected chi connectivity index (χ0v) is 13.4. The number of hydrogen-bond acceptors (Lipinski definition) is 3. The fourth-order valence-electron chi connectivity index (χ4n) is 2.91. The average Bonchev–Trinajstić information content (AvgIpc) is 3.15. The van der Waals surface area contributed by atoms with E-state index in [1.54, 1.807) is 25.2 Å². The van der Waals surface area contributed by atoms with Crippen LogP contribution < -0.4 is 5.32 Å². The Morgan fingerprint density at radius 3 is 2.48 bits per heavy atom. The van der Waals surface area contributed by atoms with Crippen LogP contribution in [0.25, 0.3) is 0 Å². The van der Waals surface area contributed by atoms with Gasteiger partial charge in [-0.25, -0.2) is 0 Å². The van der Waals surface area contributed by atoms with Crippen molar-refractivity contribution in [3.05, 3.63) is 22.4 Å². The van der Waals surface area contributed by atoms with Gasteiger partial charge in [0.2, 0.25) is 5.91 Å². The van der Waals surface area contributed by atoms with E-state index < -0.39 is 17.8 Å². The second kappa shape index (κ2) is 7.07. The van der Waals surface area contributed by atoms with Gasteiger partial charge in [-0.3, -0.25) is 9.59 Å². The van der Waals surface area contributed by atoms with Crippen LogP contribution in [0.3, 0.4) is 0 Å². The topological polar surface area (TPSA) is 66.4 Å². The smallest absolute Gasteiger partial charge is 0.307 e. The second-order valence-corrected chi connectivity index (χ2v) is 6.94. The highest BCUT2D eigenvalue weighted by atomic mass is 32.1. The predicted octanol–water partition coefficient (Wildman–Crippen LogP) is 3.45. The van der Waals surface area contributed by atoms with Crippen LogP contribution in [0.4, 0.5) is 0 Å². The van der Waals surface area contributed by atoms with E-state index in [1.165, 1.54) is 17.7 Å². The van der Waals surface area contributed by atoms with Crippen molar-refractivity contribution in [2.24, 2.45) is 17.8 Å². The third-order valence-electron chi connectivity index (χ3n) is 4.57. The van der Waals surface area contributed by atoms with E-state index in [9.17, 15) is 9.59 Å². The summed E-state index contributed by atoms with van der Waals surface area (Å²) in [6.45, 7) is 3.27. The highest BCUT2D eigenvalue weighted by Gasteiger charge is 2.32. The molecule has 5 heteroatoms. The van der Waals surface area contributed by atoms with E-state index in [4.69, 9.17) is 5.11 Å². The van der Waals surface area contributed by atoms with Crippen molar-refractivity contribution < 1.29 is 14.7 Å². The van der Waals surface area contributed by atoms with Crippen LogP contribution in [0.2, 0.25) is 0 Å². The lowest BCUT2D eigenvalue weighted by Crippen LogP contribution is -2.39. The molecule has 1 aromatic rings. The second-order valence-electron chi connectivity index (χ2n) is 5.96. The largest absolute Gasteiger partial charge is 0.481 e. The highest BCUT2D eigenvalue weighted by Crippen LogP contribution is 2.37. The first-order chi connectivity index (χ1) is 10.0. The molecule has 3 unspecified atom stereocenters. The summed E-state index contributed by atoms with van der Waals surface area (Å²) in [6.07, 6.45) is 4.68. The van der Waals surface area contributed by atoms with Gasteiger partial charge in [-0.1, -0.05) is 32.8 Å². The molecule has 1 aliphatic carbocycles. The van der Waals surface area contributed by atoms with Crippen molar-refractivity contribution >= 4 is 23.2 Å². The van der Waals surface area contributed by atoms with Crippen LogP contribution in [0.1, 0.15) is 50.4 Å². The van der Waals surface area contributed by atoms with Gasteiger partial charge in [0, 0.05) is 10.8 Å². The Morgan fingerprint density at radius 2 is 1.95 bits per heavy atom. The van der Waals surface area contributed by atoms with E-state index in [1.807, 2.05) is 11.4 Å². The molecular weight excluding hydrogens is 286 g/mol. The van der Waals surface area contributed by atoms with Crippen molar-refractivity contribution in [1.29, 1.82) is 0 Å². The molecule has 0 spiro atoms. The lowest BCUT2D eigenvalue weighted by molar-refractivity contribution is -0.146. The van der Waals surface area contributed by atoms with Gasteiger partial charge in [-0.05, 0) is 30.2 Å². The number of aliphatic carboxylic acids is 1. The Balaban J connectivity index is 2.08. The van der Waals surface area contributed by atoms with Gasteiger partial charge in [0.1, 0.15) is 0 Å². The maximum absolute atomic E-state index is 12.4. The van der Waals surface area contributed by atoms with E-state index in [-0.39, 0.29) is 11.9 Å². The molecule has 1 saturated carbocycles. The molecule has 1 fully saturated rings. The van der Waals surface area contributed by atoms with Gasteiger partial charge in [0.05, 0.1) is 12.0 Å². The zero-order chi connectivity index (χ0) is 15.4. The van der Waals surface area contributed by atoms with Gasteiger partial charge in [0.15, 0.2) is 0 Å². The average molecular weight is 309 g/mol. The Kier molecular flexibility index (Phi) is 5.39. The first kappa shape index (κ1) is 16.0. The molecule has 0 radical (unpaired) electrons. The quantitative estimate of drug-likeness (QED) is 0.846.